The van der Waals surface area contributed by atoms with Crippen molar-refractivity contribution in [3.8, 4) is 5.75 Å². The monoisotopic (exact) mass is 375 g/mol. The largest absolute Gasteiger partial charge is 0.495 e. The number of halogens is 1. The van der Waals surface area contributed by atoms with Gasteiger partial charge in [-0.05, 0) is 42.8 Å². The number of benzene rings is 2. The highest BCUT2D eigenvalue weighted by Gasteiger charge is 2.08. The molecule has 138 valence electrons. The van der Waals surface area contributed by atoms with E-state index in [0.717, 1.165) is 6.42 Å². The van der Waals surface area contributed by atoms with E-state index in [9.17, 15) is 9.59 Å². The molecule has 0 atom stereocenters. The molecule has 0 radical (unpaired) electrons. The van der Waals surface area contributed by atoms with Crippen molar-refractivity contribution in [3.05, 3.63) is 53.1 Å². The summed E-state index contributed by atoms with van der Waals surface area (Å²) >= 11 is 6.04. The molecule has 0 saturated heterocycles. The topological polar surface area (TPSA) is 79.5 Å². The van der Waals surface area contributed by atoms with Crippen LogP contribution in [0.3, 0.4) is 0 Å². The molecule has 0 aliphatic heterocycles. The van der Waals surface area contributed by atoms with Gasteiger partial charge in [0.2, 0.25) is 5.91 Å². The fourth-order valence-electron chi connectivity index (χ4n) is 2.24. The smallest absolute Gasteiger partial charge is 0.251 e. The minimum atomic E-state index is -0.230. The Morgan fingerprint density at radius 1 is 1.12 bits per heavy atom. The van der Waals surface area contributed by atoms with Gasteiger partial charge >= 0.3 is 0 Å². The Hall–Kier alpha value is -2.73. The van der Waals surface area contributed by atoms with Gasteiger partial charge in [0.25, 0.3) is 5.91 Å². The molecule has 26 heavy (non-hydrogen) atoms. The second-order valence-electron chi connectivity index (χ2n) is 5.59. The van der Waals surface area contributed by atoms with Crippen molar-refractivity contribution in [1.29, 1.82) is 0 Å². The first-order chi connectivity index (χ1) is 12.5. The summed E-state index contributed by atoms with van der Waals surface area (Å²) in [7, 11) is 1.53. The third-order valence-corrected chi connectivity index (χ3v) is 3.84. The lowest BCUT2D eigenvalue weighted by molar-refractivity contribution is -0.114. The van der Waals surface area contributed by atoms with Gasteiger partial charge < -0.3 is 20.7 Å². The summed E-state index contributed by atoms with van der Waals surface area (Å²) < 4.78 is 5.08. The summed E-state index contributed by atoms with van der Waals surface area (Å²) in [5.41, 5.74) is 1.82. The molecule has 0 saturated carbocycles. The van der Waals surface area contributed by atoms with Crippen LogP contribution in [0.15, 0.2) is 42.5 Å². The zero-order chi connectivity index (χ0) is 18.9. The minimum Gasteiger partial charge on any atom is -0.495 e. The first-order valence-corrected chi connectivity index (χ1v) is 8.66. The Kier molecular flexibility index (Phi) is 7.29. The average molecular weight is 376 g/mol. The molecule has 3 N–H and O–H groups in total. The molecule has 7 heteroatoms. The third kappa shape index (κ3) is 5.67. The van der Waals surface area contributed by atoms with E-state index in [1.807, 2.05) is 6.92 Å². The van der Waals surface area contributed by atoms with Gasteiger partial charge in [0.1, 0.15) is 5.75 Å². The van der Waals surface area contributed by atoms with Gasteiger partial charge in [-0.3, -0.25) is 9.59 Å². The molecule has 0 aliphatic rings. The summed E-state index contributed by atoms with van der Waals surface area (Å²) in [6.07, 6.45) is 0.874. The van der Waals surface area contributed by atoms with Crippen LogP contribution in [0, 0.1) is 0 Å². The van der Waals surface area contributed by atoms with E-state index in [1.54, 1.807) is 42.5 Å². The van der Waals surface area contributed by atoms with Gasteiger partial charge in [-0.15, -0.1) is 0 Å². The summed E-state index contributed by atoms with van der Waals surface area (Å²) in [6, 6.07) is 12.0. The van der Waals surface area contributed by atoms with Crippen LogP contribution in [0.5, 0.6) is 5.75 Å². The predicted octanol–water partition coefficient (Wildman–Crippen LogP) is 3.54. The lowest BCUT2D eigenvalue weighted by Crippen LogP contribution is -2.24. The minimum absolute atomic E-state index is 0.0592. The van der Waals surface area contributed by atoms with Crippen LogP contribution < -0.4 is 20.7 Å². The molecule has 0 heterocycles. The molecule has 2 aromatic carbocycles. The van der Waals surface area contributed by atoms with Crippen LogP contribution in [0.1, 0.15) is 23.7 Å². The molecular formula is C19H22ClN3O3. The van der Waals surface area contributed by atoms with Crippen molar-refractivity contribution in [3.63, 3.8) is 0 Å². The maximum Gasteiger partial charge on any atom is 0.251 e. The van der Waals surface area contributed by atoms with E-state index in [4.69, 9.17) is 16.3 Å². The quantitative estimate of drug-likeness (QED) is 0.659. The van der Waals surface area contributed by atoms with Crippen molar-refractivity contribution >= 4 is 34.8 Å². The number of carbonyl (C=O) groups excluding carboxylic acids is 2. The number of ether oxygens (including phenoxy) is 1. The number of hydrogen-bond acceptors (Lipinski definition) is 4. The zero-order valence-electron chi connectivity index (χ0n) is 14.8. The Morgan fingerprint density at radius 3 is 2.62 bits per heavy atom. The lowest BCUT2D eigenvalue weighted by Gasteiger charge is -2.10. The van der Waals surface area contributed by atoms with Crippen molar-refractivity contribution in [2.75, 3.05) is 30.8 Å². The Labute approximate surface area is 157 Å². The van der Waals surface area contributed by atoms with Gasteiger partial charge in [0.05, 0.1) is 18.7 Å². The van der Waals surface area contributed by atoms with E-state index >= 15 is 0 Å². The summed E-state index contributed by atoms with van der Waals surface area (Å²) in [5, 5.41) is 8.99. The van der Waals surface area contributed by atoms with E-state index in [0.29, 0.717) is 34.3 Å². The number of rotatable bonds is 8. The van der Waals surface area contributed by atoms with Crippen molar-refractivity contribution < 1.29 is 14.3 Å². The third-order valence-electron chi connectivity index (χ3n) is 3.55. The van der Waals surface area contributed by atoms with Crippen LogP contribution in [-0.4, -0.2) is 32.0 Å². The number of nitrogens with one attached hydrogen (secondary N) is 3. The Morgan fingerprint density at radius 2 is 1.92 bits per heavy atom. The van der Waals surface area contributed by atoms with Gasteiger partial charge in [0.15, 0.2) is 0 Å². The highest BCUT2D eigenvalue weighted by molar-refractivity contribution is 6.32. The van der Waals surface area contributed by atoms with Crippen molar-refractivity contribution in [2.45, 2.75) is 13.3 Å². The Balaban J connectivity index is 1.91. The van der Waals surface area contributed by atoms with E-state index in [-0.39, 0.29) is 18.4 Å². The summed E-state index contributed by atoms with van der Waals surface area (Å²) in [4.78, 5) is 24.1. The van der Waals surface area contributed by atoms with E-state index in [2.05, 4.69) is 16.0 Å². The predicted molar refractivity (Wildman–Crippen MR) is 104 cm³/mol. The number of carbonyl (C=O) groups is 2. The molecule has 0 bridgehead atoms. The van der Waals surface area contributed by atoms with Gasteiger partial charge in [-0.25, -0.2) is 0 Å². The molecule has 0 unspecified atom stereocenters. The first-order valence-electron chi connectivity index (χ1n) is 8.29. The van der Waals surface area contributed by atoms with Crippen LogP contribution >= 0.6 is 11.6 Å². The lowest BCUT2D eigenvalue weighted by atomic mass is 10.2. The second-order valence-corrected chi connectivity index (χ2v) is 5.99. The average Bonchev–Trinajstić information content (AvgIpc) is 2.65. The fourth-order valence-corrected chi connectivity index (χ4v) is 2.50. The molecular weight excluding hydrogens is 354 g/mol. The molecule has 2 aromatic rings. The fraction of sp³-hybridized carbons (Fsp3) is 0.263. The zero-order valence-corrected chi connectivity index (χ0v) is 15.5. The van der Waals surface area contributed by atoms with Crippen molar-refractivity contribution in [1.82, 2.24) is 5.32 Å². The number of amides is 2. The summed E-state index contributed by atoms with van der Waals surface area (Å²) in [5.74, 6) is 0.181. The van der Waals surface area contributed by atoms with Crippen LogP contribution in [0.25, 0.3) is 0 Å². The van der Waals surface area contributed by atoms with E-state index < -0.39 is 0 Å². The van der Waals surface area contributed by atoms with Crippen molar-refractivity contribution in [2.24, 2.45) is 0 Å². The van der Waals surface area contributed by atoms with Gasteiger partial charge in [-0.1, -0.05) is 24.6 Å². The number of hydrogen-bond donors (Lipinski definition) is 3. The van der Waals surface area contributed by atoms with Gasteiger partial charge in [-0.2, -0.15) is 0 Å². The molecule has 0 aliphatic carbocycles. The van der Waals surface area contributed by atoms with Crippen LogP contribution in [0.2, 0.25) is 5.02 Å². The highest BCUT2D eigenvalue weighted by atomic mass is 35.5. The SMILES string of the molecule is CCCNC(=O)c1cccc(NCC(=O)Nc2ccc(OC)c(Cl)c2)c1. The molecule has 6 nitrogen and oxygen atoms in total. The first kappa shape index (κ1) is 19.6. The molecule has 2 amide bonds. The maximum absolute atomic E-state index is 12.1. The molecule has 2 rings (SSSR count). The standard InChI is InChI=1S/C19H22ClN3O3/c1-3-9-21-19(25)13-5-4-6-14(10-13)22-12-18(24)23-15-7-8-17(26-2)16(20)11-15/h4-8,10-11,22H,3,9,12H2,1-2H3,(H,21,25)(H,23,24). The molecule has 0 aromatic heterocycles. The van der Waals surface area contributed by atoms with Crippen LogP contribution in [0.4, 0.5) is 11.4 Å². The second kappa shape index (κ2) is 9.68. The normalized spacial score (nSPS) is 10.1. The molecule has 0 fully saturated rings. The number of anilines is 2. The summed E-state index contributed by atoms with van der Waals surface area (Å²) in [6.45, 7) is 2.68. The highest BCUT2D eigenvalue weighted by Crippen LogP contribution is 2.27. The van der Waals surface area contributed by atoms with Gasteiger partial charge in [0, 0.05) is 23.5 Å². The Bertz CT molecular complexity index is 780. The molecule has 0 spiro atoms. The van der Waals surface area contributed by atoms with Crippen LogP contribution in [-0.2, 0) is 4.79 Å². The maximum atomic E-state index is 12.1. The number of methoxy groups -OCH3 is 1. The van der Waals surface area contributed by atoms with E-state index in [1.165, 1.54) is 7.11 Å².